The van der Waals surface area contributed by atoms with Crippen LogP contribution in [0.2, 0.25) is 0 Å². The quantitative estimate of drug-likeness (QED) is 0.871. The molecule has 2 aromatic heterocycles. The van der Waals surface area contributed by atoms with Gasteiger partial charge in [0.1, 0.15) is 5.60 Å². The van der Waals surface area contributed by atoms with E-state index in [-0.39, 0.29) is 0 Å². The summed E-state index contributed by atoms with van der Waals surface area (Å²) in [6, 6.07) is 4.06. The van der Waals surface area contributed by atoms with E-state index in [0.29, 0.717) is 5.92 Å². The maximum atomic E-state index is 12.2. The number of hydrogen-bond acceptors (Lipinski definition) is 3. The molecule has 1 fully saturated rings. The van der Waals surface area contributed by atoms with Crippen LogP contribution in [0.1, 0.15) is 64.4 Å². The average molecular weight is 315 g/mol. The van der Waals surface area contributed by atoms with Gasteiger partial charge >= 0.3 is 6.09 Å². The van der Waals surface area contributed by atoms with Gasteiger partial charge in [0.2, 0.25) is 0 Å². The summed E-state index contributed by atoms with van der Waals surface area (Å²) in [5, 5.41) is 7.30. The second kappa shape index (κ2) is 6.22. The number of anilines is 1. The molecule has 3 rings (SSSR count). The predicted molar refractivity (Wildman–Crippen MR) is 90.9 cm³/mol. The number of amides is 1. The van der Waals surface area contributed by atoms with Crippen LogP contribution in [0.3, 0.4) is 0 Å². The number of fused-ring (bicyclic) bond motifs is 1. The fourth-order valence-electron chi connectivity index (χ4n) is 3.35. The van der Waals surface area contributed by atoms with Gasteiger partial charge < -0.3 is 4.74 Å². The molecule has 5 nitrogen and oxygen atoms in total. The molecule has 1 amide bonds. The maximum Gasteiger partial charge on any atom is 0.412 e. The first-order valence-electron chi connectivity index (χ1n) is 8.40. The number of aromatic nitrogens is 2. The van der Waals surface area contributed by atoms with E-state index in [0.717, 1.165) is 24.0 Å². The molecular formula is C18H25N3O2. The smallest absolute Gasteiger partial charge is 0.412 e. The van der Waals surface area contributed by atoms with Crippen molar-refractivity contribution in [1.29, 1.82) is 0 Å². The lowest BCUT2D eigenvalue weighted by molar-refractivity contribution is 0.0635. The number of nitrogens with zero attached hydrogens (tertiary/aromatic N) is 2. The third kappa shape index (κ3) is 3.66. The molecule has 0 aromatic carbocycles. The third-order valence-corrected chi connectivity index (χ3v) is 4.25. The Hall–Kier alpha value is -2.04. The van der Waals surface area contributed by atoms with E-state index >= 15 is 0 Å². The van der Waals surface area contributed by atoms with Crippen LogP contribution in [0.5, 0.6) is 0 Å². The minimum atomic E-state index is -0.512. The van der Waals surface area contributed by atoms with Gasteiger partial charge in [0, 0.05) is 11.8 Å². The Morgan fingerprint density at radius 2 is 2.04 bits per heavy atom. The van der Waals surface area contributed by atoms with Gasteiger partial charge in [0.25, 0.3) is 0 Å². The Labute approximate surface area is 137 Å². The number of rotatable bonds is 2. The number of hydrogen-bond donors (Lipinski definition) is 1. The minimum absolute atomic E-state index is 0.424. The molecule has 124 valence electrons. The molecule has 0 bridgehead atoms. The SMILES string of the molecule is CC(C)(C)OC(=O)Nc1cnn2cccc2c1C1CCCCC1. The number of carbonyl (C=O) groups is 1. The lowest BCUT2D eigenvalue weighted by atomic mass is 9.83. The van der Waals surface area contributed by atoms with E-state index in [1.165, 1.54) is 24.8 Å². The van der Waals surface area contributed by atoms with Crippen molar-refractivity contribution in [3.8, 4) is 0 Å². The standard InChI is InChI=1S/C18H25N3O2/c1-18(2,3)23-17(22)20-14-12-19-21-11-7-10-15(21)16(14)13-8-5-4-6-9-13/h7,10-13H,4-6,8-9H2,1-3H3,(H,20,22). The Bertz CT molecular complexity index is 694. The second-order valence-corrected chi connectivity index (χ2v) is 7.27. The lowest BCUT2D eigenvalue weighted by Crippen LogP contribution is -2.28. The lowest BCUT2D eigenvalue weighted by Gasteiger charge is -2.26. The molecule has 0 saturated heterocycles. The van der Waals surface area contributed by atoms with E-state index in [1.54, 1.807) is 6.20 Å². The maximum absolute atomic E-state index is 12.2. The van der Waals surface area contributed by atoms with Crippen molar-refractivity contribution in [2.24, 2.45) is 0 Å². The van der Waals surface area contributed by atoms with Crippen LogP contribution < -0.4 is 5.32 Å². The van der Waals surface area contributed by atoms with Gasteiger partial charge in [-0.05, 0) is 51.7 Å². The molecule has 0 aliphatic heterocycles. The third-order valence-electron chi connectivity index (χ3n) is 4.25. The highest BCUT2D eigenvalue weighted by Gasteiger charge is 2.24. The van der Waals surface area contributed by atoms with Gasteiger partial charge in [0.15, 0.2) is 0 Å². The van der Waals surface area contributed by atoms with Crippen molar-refractivity contribution in [2.45, 2.75) is 64.4 Å². The number of nitrogens with one attached hydrogen (secondary N) is 1. The van der Waals surface area contributed by atoms with Crippen molar-refractivity contribution in [1.82, 2.24) is 9.61 Å². The van der Waals surface area contributed by atoms with Crippen LogP contribution in [0.4, 0.5) is 10.5 Å². The first-order chi connectivity index (χ1) is 10.9. The predicted octanol–water partition coefficient (Wildman–Crippen LogP) is 4.73. The Morgan fingerprint density at radius 3 is 2.74 bits per heavy atom. The van der Waals surface area contributed by atoms with Gasteiger partial charge in [0.05, 0.1) is 17.4 Å². The molecule has 0 spiro atoms. The molecule has 1 aliphatic carbocycles. The molecular weight excluding hydrogens is 290 g/mol. The van der Waals surface area contributed by atoms with Crippen LogP contribution in [-0.2, 0) is 4.74 Å². The van der Waals surface area contributed by atoms with Crippen molar-refractivity contribution in [3.63, 3.8) is 0 Å². The van der Waals surface area contributed by atoms with Crippen LogP contribution >= 0.6 is 0 Å². The van der Waals surface area contributed by atoms with E-state index in [4.69, 9.17) is 4.74 Å². The van der Waals surface area contributed by atoms with Crippen molar-refractivity contribution < 1.29 is 9.53 Å². The summed E-state index contributed by atoms with van der Waals surface area (Å²) >= 11 is 0. The second-order valence-electron chi connectivity index (χ2n) is 7.27. The molecule has 0 radical (unpaired) electrons. The number of carbonyl (C=O) groups excluding carboxylic acids is 1. The van der Waals surface area contributed by atoms with Crippen LogP contribution in [0.15, 0.2) is 24.5 Å². The first-order valence-corrected chi connectivity index (χ1v) is 8.40. The molecule has 2 heterocycles. The van der Waals surface area contributed by atoms with Gasteiger partial charge in [-0.1, -0.05) is 19.3 Å². The van der Waals surface area contributed by atoms with Crippen molar-refractivity contribution in [3.05, 3.63) is 30.1 Å². The van der Waals surface area contributed by atoms with Crippen LogP contribution in [-0.4, -0.2) is 21.3 Å². The monoisotopic (exact) mass is 315 g/mol. The Kier molecular flexibility index (Phi) is 4.28. The molecule has 23 heavy (non-hydrogen) atoms. The van der Waals surface area contributed by atoms with Gasteiger partial charge in [-0.15, -0.1) is 0 Å². The van der Waals surface area contributed by atoms with E-state index in [9.17, 15) is 4.79 Å². The summed E-state index contributed by atoms with van der Waals surface area (Å²) in [5.74, 6) is 0.467. The van der Waals surface area contributed by atoms with Crippen molar-refractivity contribution >= 4 is 17.3 Å². The summed E-state index contributed by atoms with van der Waals surface area (Å²) in [6.07, 6.45) is 9.36. The van der Waals surface area contributed by atoms with Crippen LogP contribution in [0, 0.1) is 0 Å². The highest BCUT2D eigenvalue weighted by atomic mass is 16.6. The van der Waals surface area contributed by atoms with E-state index < -0.39 is 11.7 Å². The fraction of sp³-hybridized carbons (Fsp3) is 0.556. The highest BCUT2D eigenvalue weighted by molar-refractivity contribution is 5.87. The van der Waals surface area contributed by atoms with Gasteiger partial charge in [-0.3, -0.25) is 5.32 Å². The Balaban J connectivity index is 1.94. The molecule has 1 saturated carbocycles. The summed E-state index contributed by atoms with van der Waals surface area (Å²) < 4.78 is 7.27. The number of ether oxygens (including phenoxy) is 1. The topological polar surface area (TPSA) is 55.6 Å². The summed E-state index contributed by atoms with van der Waals surface area (Å²) in [5.41, 5.74) is 2.53. The molecule has 1 N–H and O–H groups in total. The average Bonchev–Trinajstić information content (AvgIpc) is 2.94. The summed E-state index contributed by atoms with van der Waals surface area (Å²) in [6.45, 7) is 5.59. The molecule has 2 aromatic rings. The zero-order valence-corrected chi connectivity index (χ0v) is 14.1. The highest BCUT2D eigenvalue weighted by Crippen LogP contribution is 2.38. The zero-order valence-electron chi connectivity index (χ0n) is 14.1. The first kappa shape index (κ1) is 15.8. The normalized spacial score (nSPS) is 16.5. The van der Waals surface area contributed by atoms with Gasteiger partial charge in [-0.25, -0.2) is 9.31 Å². The molecule has 5 heteroatoms. The Morgan fingerprint density at radius 1 is 1.30 bits per heavy atom. The van der Waals surface area contributed by atoms with Gasteiger partial charge in [-0.2, -0.15) is 5.10 Å². The van der Waals surface area contributed by atoms with E-state index in [1.807, 2.05) is 37.5 Å². The minimum Gasteiger partial charge on any atom is -0.444 e. The largest absolute Gasteiger partial charge is 0.444 e. The van der Waals surface area contributed by atoms with Crippen molar-refractivity contribution in [2.75, 3.05) is 5.32 Å². The molecule has 0 atom stereocenters. The molecule has 1 aliphatic rings. The fourth-order valence-corrected chi connectivity index (χ4v) is 3.35. The van der Waals surface area contributed by atoms with E-state index in [2.05, 4.69) is 16.5 Å². The summed E-state index contributed by atoms with van der Waals surface area (Å²) in [7, 11) is 0. The summed E-state index contributed by atoms with van der Waals surface area (Å²) in [4.78, 5) is 12.2. The molecule has 0 unspecified atom stereocenters. The van der Waals surface area contributed by atoms with Crippen LogP contribution in [0.25, 0.3) is 5.52 Å². The zero-order chi connectivity index (χ0) is 16.4.